The van der Waals surface area contributed by atoms with Gasteiger partial charge in [0.05, 0.1) is 0 Å². The van der Waals surface area contributed by atoms with Gasteiger partial charge in [-0.3, -0.25) is 0 Å². The van der Waals surface area contributed by atoms with Crippen LogP contribution < -0.4 is 0 Å². The predicted octanol–water partition coefficient (Wildman–Crippen LogP) is 4.16. The van der Waals surface area contributed by atoms with E-state index in [0.29, 0.717) is 6.04 Å². The first-order valence-electron chi connectivity index (χ1n) is 5.34. The van der Waals surface area contributed by atoms with Gasteiger partial charge in [0.15, 0.2) is 0 Å². The minimum atomic E-state index is 0.671. The summed E-state index contributed by atoms with van der Waals surface area (Å²) in [6.07, 6.45) is 6.76. The lowest BCUT2D eigenvalue weighted by molar-refractivity contribution is 0.361. The zero-order valence-electron chi connectivity index (χ0n) is 9.12. The van der Waals surface area contributed by atoms with Gasteiger partial charge >= 0.3 is 0 Å². The number of nitrogens with zero attached hydrogens (tertiary/aromatic N) is 1. The van der Waals surface area contributed by atoms with Gasteiger partial charge in [-0.15, -0.1) is 0 Å². The molecular formula is C10H23NS2. The summed E-state index contributed by atoms with van der Waals surface area (Å²) in [6, 6.07) is 0.671. The molecule has 0 aromatic rings. The minimum absolute atomic E-state index is 0.671. The fourth-order valence-corrected chi connectivity index (χ4v) is 2.67. The van der Waals surface area contributed by atoms with Crippen LogP contribution in [0, 0.1) is 0 Å². The first-order valence-corrected chi connectivity index (χ1v) is 7.17. The molecule has 0 rings (SSSR count). The molecule has 0 spiro atoms. The highest BCUT2D eigenvalue weighted by molar-refractivity contribution is 8.67. The van der Waals surface area contributed by atoms with E-state index in [-0.39, 0.29) is 0 Å². The van der Waals surface area contributed by atoms with Crippen LogP contribution >= 0.6 is 22.6 Å². The zero-order valence-corrected chi connectivity index (χ0v) is 10.8. The molecule has 0 aromatic carbocycles. The minimum Gasteiger partial charge on any atom is -0.239 e. The smallest absolute Gasteiger partial charge is 0.0182 e. The van der Waals surface area contributed by atoms with Crippen molar-refractivity contribution in [2.24, 2.45) is 0 Å². The van der Waals surface area contributed by atoms with Crippen molar-refractivity contribution in [3.63, 3.8) is 0 Å². The monoisotopic (exact) mass is 221 g/mol. The maximum absolute atomic E-state index is 4.24. The van der Waals surface area contributed by atoms with Crippen LogP contribution in [0.5, 0.6) is 0 Å². The second-order valence-corrected chi connectivity index (χ2v) is 4.64. The molecule has 0 fully saturated rings. The maximum atomic E-state index is 4.24. The molecule has 0 N–H and O–H groups in total. The summed E-state index contributed by atoms with van der Waals surface area (Å²) >= 11 is 4.24. The van der Waals surface area contributed by atoms with Gasteiger partial charge in [0.25, 0.3) is 0 Å². The highest BCUT2D eigenvalue weighted by atomic mass is 33.1. The van der Waals surface area contributed by atoms with Crippen LogP contribution in [0.1, 0.15) is 52.9 Å². The molecule has 0 saturated carbocycles. The molecule has 80 valence electrons. The molecule has 0 bridgehead atoms. The fourth-order valence-electron chi connectivity index (χ4n) is 1.46. The van der Waals surface area contributed by atoms with Crippen LogP contribution in [0.25, 0.3) is 0 Å². The highest BCUT2D eigenvalue weighted by Crippen LogP contribution is 2.20. The number of unbranched alkanes of at least 4 members (excludes halogenated alkanes) is 3. The van der Waals surface area contributed by atoms with Crippen LogP contribution in [0.4, 0.5) is 0 Å². The maximum Gasteiger partial charge on any atom is 0.0182 e. The molecule has 0 amide bonds. The summed E-state index contributed by atoms with van der Waals surface area (Å²) in [5.74, 6) is 0. The average Bonchev–Trinajstić information content (AvgIpc) is 2.14. The Balaban J connectivity index is 3.42. The number of thiol groups is 1. The second-order valence-electron chi connectivity index (χ2n) is 3.51. The van der Waals surface area contributed by atoms with Crippen LogP contribution in [-0.4, -0.2) is 16.9 Å². The lowest BCUT2D eigenvalue weighted by Gasteiger charge is -2.23. The van der Waals surface area contributed by atoms with Crippen LogP contribution in [-0.2, 0) is 0 Å². The van der Waals surface area contributed by atoms with Gasteiger partial charge in [-0.05, 0) is 24.3 Å². The topological polar surface area (TPSA) is 3.24 Å². The van der Waals surface area contributed by atoms with Gasteiger partial charge in [0.1, 0.15) is 0 Å². The van der Waals surface area contributed by atoms with E-state index in [1.165, 1.54) is 32.1 Å². The van der Waals surface area contributed by atoms with Crippen molar-refractivity contribution in [2.45, 2.75) is 58.9 Å². The Labute approximate surface area is 92.6 Å². The van der Waals surface area contributed by atoms with Crippen molar-refractivity contribution in [3.8, 4) is 0 Å². The summed E-state index contributed by atoms with van der Waals surface area (Å²) in [6.45, 7) is 7.82. The summed E-state index contributed by atoms with van der Waals surface area (Å²) < 4.78 is 2.33. The van der Waals surface area contributed by atoms with Gasteiger partial charge in [-0.25, -0.2) is 4.31 Å². The van der Waals surface area contributed by atoms with Crippen molar-refractivity contribution < 1.29 is 0 Å². The normalized spacial score (nSPS) is 13.6. The average molecular weight is 221 g/mol. The SMILES string of the molecule is CCCCCCC(C)N(CC)SS. The van der Waals surface area contributed by atoms with Crippen molar-refractivity contribution >= 4 is 22.6 Å². The van der Waals surface area contributed by atoms with Gasteiger partial charge < -0.3 is 0 Å². The van der Waals surface area contributed by atoms with Crippen LogP contribution in [0.2, 0.25) is 0 Å². The van der Waals surface area contributed by atoms with E-state index >= 15 is 0 Å². The second kappa shape index (κ2) is 9.22. The van der Waals surface area contributed by atoms with E-state index in [2.05, 4.69) is 36.7 Å². The van der Waals surface area contributed by atoms with Crippen molar-refractivity contribution in [1.29, 1.82) is 0 Å². The Kier molecular flexibility index (Phi) is 9.69. The summed E-state index contributed by atoms with van der Waals surface area (Å²) in [5.41, 5.74) is 0. The molecule has 0 aliphatic heterocycles. The van der Waals surface area contributed by atoms with Gasteiger partial charge in [-0.1, -0.05) is 51.2 Å². The molecule has 0 heterocycles. The fraction of sp³-hybridized carbons (Fsp3) is 1.00. The zero-order chi connectivity index (χ0) is 10.1. The summed E-state index contributed by atoms with van der Waals surface area (Å²) in [5, 5.41) is 0. The Morgan fingerprint density at radius 1 is 1.23 bits per heavy atom. The molecule has 1 nitrogen and oxygen atoms in total. The van der Waals surface area contributed by atoms with E-state index in [1.54, 1.807) is 11.0 Å². The lowest BCUT2D eigenvalue weighted by atomic mass is 10.1. The van der Waals surface area contributed by atoms with Crippen LogP contribution in [0.3, 0.4) is 0 Å². The Morgan fingerprint density at radius 2 is 1.92 bits per heavy atom. The quantitative estimate of drug-likeness (QED) is 0.284. The molecule has 0 saturated heterocycles. The van der Waals surface area contributed by atoms with Crippen molar-refractivity contribution in [1.82, 2.24) is 4.31 Å². The van der Waals surface area contributed by atoms with Gasteiger partial charge in [0, 0.05) is 12.6 Å². The molecular weight excluding hydrogens is 198 g/mol. The summed E-state index contributed by atoms with van der Waals surface area (Å²) in [7, 11) is 1.57. The van der Waals surface area contributed by atoms with Crippen molar-refractivity contribution in [3.05, 3.63) is 0 Å². The first-order chi connectivity index (χ1) is 6.26. The molecule has 1 atom stereocenters. The molecule has 1 unspecified atom stereocenters. The van der Waals surface area contributed by atoms with E-state index < -0.39 is 0 Å². The van der Waals surface area contributed by atoms with Crippen molar-refractivity contribution in [2.75, 3.05) is 6.54 Å². The Hall–Kier alpha value is 0.660. The Morgan fingerprint density at radius 3 is 2.38 bits per heavy atom. The highest BCUT2D eigenvalue weighted by Gasteiger charge is 2.09. The number of hydrogen-bond donors (Lipinski definition) is 1. The molecule has 0 aliphatic rings. The van der Waals surface area contributed by atoms with Gasteiger partial charge in [-0.2, -0.15) is 0 Å². The summed E-state index contributed by atoms with van der Waals surface area (Å²) in [4.78, 5) is 0. The first kappa shape index (κ1) is 13.7. The van der Waals surface area contributed by atoms with E-state index in [9.17, 15) is 0 Å². The molecule has 13 heavy (non-hydrogen) atoms. The third-order valence-corrected chi connectivity index (χ3v) is 3.84. The third-order valence-electron chi connectivity index (χ3n) is 2.38. The number of rotatable bonds is 8. The standard InChI is InChI=1S/C10H23NS2/c1-4-6-7-8-9-10(3)11(5-2)13-12/h10,12H,4-9H2,1-3H3. The van der Waals surface area contributed by atoms with Crippen LogP contribution in [0.15, 0.2) is 0 Å². The molecule has 0 radical (unpaired) electrons. The molecule has 3 heteroatoms. The predicted molar refractivity (Wildman–Crippen MR) is 67.2 cm³/mol. The number of hydrogen-bond acceptors (Lipinski definition) is 3. The molecule has 0 aliphatic carbocycles. The lowest BCUT2D eigenvalue weighted by Crippen LogP contribution is -2.25. The van der Waals surface area contributed by atoms with E-state index in [0.717, 1.165) is 6.54 Å². The van der Waals surface area contributed by atoms with E-state index in [4.69, 9.17) is 0 Å². The largest absolute Gasteiger partial charge is 0.239 e. The van der Waals surface area contributed by atoms with Gasteiger partial charge in [0.2, 0.25) is 0 Å². The molecule has 0 aromatic heterocycles. The third kappa shape index (κ3) is 6.69. The Bertz CT molecular complexity index is 105. The van der Waals surface area contributed by atoms with E-state index in [1.807, 2.05) is 0 Å².